The molecule has 0 saturated heterocycles. The fourth-order valence-corrected chi connectivity index (χ4v) is 2.32. The van der Waals surface area contributed by atoms with E-state index < -0.39 is 0 Å². The van der Waals surface area contributed by atoms with Crippen molar-refractivity contribution in [2.75, 3.05) is 0 Å². The monoisotopic (exact) mass is 174 g/mol. The fraction of sp³-hybridized carbons (Fsp3) is 0.889. The molecule has 1 unspecified atom stereocenters. The number of hydrogen-bond donors (Lipinski definition) is 0. The van der Waals surface area contributed by atoms with Crippen molar-refractivity contribution in [2.24, 2.45) is 11.3 Å². The van der Waals surface area contributed by atoms with Gasteiger partial charge >= 0.3 is 0 Å². The second-order valence-electron chi connectivity index (χ2n) is 4.09. The van der Waals surface area contributed by atoms with Crippen LogP contribution >= 0.6 is 11.6 Å². The number of hydrogen-bond acceptors (Lipinski definition) is 1. The summed E-state index contributed by atoms with van der Waals surface area (Å²) in [6.45, 7) is 4.27. The zero-order chi connectivity index (χ0) is 8.48. The van der Waals surface area contributed by atoms with Crippen molar-refractivity contribution >= 4 is 16.8 Å². The Hall–Kier alpha value is -0.0400. The van der Waals surface area contributed by atoms with Crippen LogP contribution in [0, 0.1) is 11.3 Å². The highest BCUT2D eigenvalue weighted by Crippen LogP contribution is 2.41. The highest BCUT2D eigenvalue weighted by molar-refractivity contribution is 6.64. The molecule has 0 heterocycles. The Labute approximate surface area is 73.1 Å². The Kier molecular flexibility index (Phi) is 2.58. The highest BCUT2D eigenvalue weighted by atomic mass is 35.5. The van der Waals surface area contributed by atoms with Gasteiger partial charge in [0.15, 0.2) is 0 Å². The summed E-state index contributed by atoms with van der Waals surface area (Å²) in [4.78, 5) is 11.0. The topological polar surface area (TPSA) is 17.1 Å². The summed E-state index contributed by atoms with van der Waals surface area (Å²) >= 11 is 5.50. The molecule has 1 nitrogen and oxygen atoms in total. The van der Waals surface area contributed by atoms with Crippen LogP contribution in [0.25, 0.3) is 0 Å². The third-order valence-electron chi connectivity index (χ3n) is 2.78. The Morgan fingerprint density at radius 1 is 1.45 bits per heavy atom. The lowest BCUT2D eigenvalue weighted by atomic mass is 9.69. The molecule has 1 rings (SSSR count). The minimum absolute atomic E-state index is 0.0953. The molecule has 0 radical (unpaired) electrons. The predicted molar refractivity (Wildman–Crippen MR) is 46.6 cm³/mol. The first-order valence-electron chi connectivity index (χ1n) is 4.23. The Balaban J connectivity index is 2.67. The van der Waals surface area contributed by atoms with E-state index in [4.69, 9.17) is 11.6 Å². The average Bonchev–Trinajstić information content (AvgIpc) is 1.85. The summed E-state index contributed by atoms with van der Waals surface area (Å²) in [5, 5.41) is -0.144. The van der Waals surface area contributed by atoms with Crippen LogP contribution in [-0.2, 0) is 4.79 Å². The molecule has 0 spiro atoms. The molecule has 11 heavy (non-hydrogen) atoms. The molecule has 64 valence electrons. The van der Waals surface area contributed by atoms with E-state index in [9.17, 15) is 4.79 Å². The summed E-state index contributed by atoms with van der Waals surface area (Å²) in [5.41, 5.74) is 0.136. The molecule has 1 aliphatic carbocycles. The van der Waals surface area contributed by atoms with Gasteiger partial charge in [0.1, 0.15) is 0 Å². The van der Waals surface area contributed by atoms with Crippen LogP contribution in [-0.4, -0.2) is 5.24 Å². The van der Waals surface area contributed by atoms with E-state index >= 15 is 0 Å². The van der Waals surface area contributed by atoms with Crippen LogP contribution in [0.4, 0.5) is 0 Å². The van der Waals surface area contributed by atoms with Gasteiger partial charge in [0.05, 0.1) is 0 Å². The first-order valence-corrected chi connectivity index (χ1v) is 4.61. The summed E-state index contributed by atoms with van der Waals surface area (Å²) in [6, 6.07) is 0. The van der Waals surface area contributed by atoms with Crippen molar-refractivity contribution in [1.29, 1.82) is 0 Å². The Morgan fingerprint density at radius 3 is 2.45 bits per heavy atom. The van der Waals surface area contributed by atoms with Crippen LogP contribution in [0.1, 0.15) is 39.5 Å². The minimum atomic E-state index is -0.144. The molecule has 0 aromatic carbocycles. The van der Waals surface area contributed by atoms with E-state index in [0.29, 0.717) is 0 Å². The molecule has 0 bridgehead atoms. The molecule has 2 heteroatoms. The zero-order valence-electron chi connectivity index (χ0n) is 7.19. The second-order valence-corrected chi connectivity index (χ2v) is 4.46. The van der Waals surface area contributed by atoms with Gasteiger partial charge in [-0.15, -0.1) is 0 Å². The van der Waals surface area contributed by atoms with E-state index in [0.717, 1.165) is 19.3 Å². The Bertz CT molecular complexity index is 163. The summed E-state index contributed by atoms with van der Waals surface area (Å²) in [5.74, 6) is 0.0953. The summed E-state index contributed by atoms with van der Waals surface area (Å²) < 4.78 is 0. The molecule has 0 aliphatic heterocycles. The van der Waals surface area contributed by atoms with Gasteiger partial charge in [0.2, 0.25) is 5.24 Å². The third kappa shape index (κ3) is 1.96. The van der Waals surface area contributed by atoms with E-state index in [2.05, 4.69) is 13.8 Å². The standard InChI is InChI=1S/C9H15ClO/c1-9(2)6-4-3-5-7(9)8(10)11/h7H,3-6H2,1-2H3. The van der Waals surface area contributed by atoms with Gasteiger partial charge in [-0.3, -0.25) is 4.79 Å². The highest BCUT2D eigenvalue weighted by Gasteiger charge is 2.35. The molecule has 0 N–H and O–H groups in total. The van der Waals surface area contributed by atoms with Crippen molar-refractivity contribution in [3.8, 4) is 0 Å². The molecule has 1 atom stereocenters. The summed E-state index contributed by atoms with van der Waals surface area (Å²) in [6.07, 6.45) is 4.52. The maximum Gasteiger partial charge on any atom is 0.225 e. The maximum atomic E-state index is 11.0. The van der Waals surface area contributed by atoms with Crippen LogP contribution in [0.5, 0.6) is 0 Å². The van der Waals surface area contributed by atoms with Crippen molar-refractivity contribution in [1.82, 2.24) is 0 Å². The van der Waals surface area contributed by atoms with Crippen LogP contribution in [0.3, 0.4) is 0 Å². The van der Waals surface area contributed by atoms with Gasteiger partial charge in [0.25, 0.3) is 0 Å². The molecule has 1 aliphatic rings. The van der Waals surface area contributed by atoms with E-state index in [1.807, 2.05) is 0 Å². The smallest absolute Gasteiger partial charge is 0.225 e. The molecule has 0 amide bonds. The SMILES string of the molecule is CC1(C)CCCCC1C(=O)Cl. The molecule has 0 aromatic heterocycles. The van der Waals surface area contributed by atoms with Gasteiger partial charge in [-0.25, -0.2) is 0 Å². The minimum Gasteiger partial charge on any atom is -0.281 e. The van der Waals surface area contributed by atoms with Crippen molar-refractivity contribution in [2.45, 2.75) is 39.5 Å². The first kappa shape index (κ1) is 9.05. The van der Waals surface area contributed by atoms with Gasteiger partial charge < -0.3 is 0 Å². The number of halogens is 1. The van der Waals surface area contributed by atoms with Gasteiger partial charge in [-0.2, -0.15) is 0 Å². The quantitative estimate of drug-likeness (QED) is 0.559. The largest absolute Gasteiger partial charge is 0.281 e. The van der Waals surface area contributed by atoms with E-state index in [1.165, 1.54) is 6.42 Å². The summed E-state index contributed by atoms with van der Waals surface area (Å²) in [7, 11) is 0. The van der Waals surface area contributed by atoms with Gasteiger partial charge in [-0.1, -0.05) is 26.7 Å². The number of carbonyl (C=O) groups excluding carboxylic acids is 1. The normalized spacial score (nSPS) is 29.9. The van der Waals surface area contributed by atoms with Crippen LogP contribution < -0.4 is 0 Å². The van der Waals surface area contributed by atoms with Crippen LogP contribution in [0.2, 0.25) is 0 Å². The van der Waals surface area contributed by atoms with E-state index in [1.54, 1.807) is 0 Å². The number of carbonyl (C=O) groups is 1. The van der Waals surface area contributed by atoms with E-state index in [-0.39, 0.29) is 16.6 Å². The molecule has 1 fully saturated rings. The van der Waals surface area contributed by atoms with Crippen molar-refractivity contribution < 1.29 is 4.79 Å². The van der Waals surface area contributed by atoms with Gasteiger partial charge in [-0.05, 0) is 29.9 Å². The lowest BCUT2D eigenvalue weighted by Crippen LogP contribution is -2.31. The Morgan fingerprint density at radius 2 is 2.09 bits per heavy atom. The molecular formula is C9H15ClO. The van der Waals surface area contributed by atoms with Gasteiger partial charge in [0, 0.05) is 5.92 Å². The third-order valence-corrected chi connectivity index (χ3v) is 3.04. The van der Waals surface area contributed by atoms with Crippen molar-refractivity contribution in [3.05, 3.63) is 0 Å². The first-order chi connectivity index (χ1) is 5.04. The number of rotatable bonds is 1. The molecule has 0 aromatic rings. The average molecular weight is 175 g/mol. The lowest BCUT2D eigenvalue weighted by molar-refractivity contribution is -0.119. The fourth-order valence-electron chi connectivity index (χ4n) is 1.91. The zero-order valence-corrected chi connectivity index (χ0v) is 7.95. The van der Waals surface area contributed by atoms with Crippen molar-refractivity contribution in [3.63, 3.8) is 0 Å². The molecular weight excluding hydrogens is 160 g/mol. The molecule has 1 saturated carbocycles. The predicted octanol–water partition coefficient (Wildman–Crippen LogP) is 2.97. The second kappa shape index (κ2) is 3.14. The lowest BCUT2D eigenvalue weighted by Gasteiger charge is -2.36. The van der Waals surface area contributed by atoms with Crippen LogP contribution in [0.15, 0.2) is 0 Å². The maximum absolute atomic E-state index is 11.0.